The highest BCUT2D eigenvalue weighted by atomic mass is 16.5. The van der Waals surface area contributed by atoms with Crippen molar-refractivity contribution in [1.82, 2.24) is 25.2 Å². The number of carbonyl (C=O) groups excluding carboxylic acids is 1. The topological polar surface area (TPSA) is 72.3 Å². The first-order valence-corrected chi connectivity index (χ1v) is 9.32. The van der Waals surface area contributed by atoms with Gasteiger partial charge in [-0.05, 0) is 52.8 Å². The van der Waals surface area contributed by atoms with Crippen LogP contribution in [0.3, 0.4) is 0 Å². The second-order valence-electron chi connectivity index (χ2n) is 7.77. The Morgan fingerprint density at radius 3 is 2.65 bits per heavy atom. The maximum atomic E-state index is 12.6. The molecule has 0 saturated carbocycles. The number of morpholine rings is 1. The highest BCUT2D eigenvalue weighted by Crippen LogP contribution is 2.21. The minimum absolute atomic E-state index is 0.0830. The van der Waals surface area contributed by atoms with Gasteiger partial charge in [0.1, 0.15) is 5.52 Å². The van der Waals surface area contributed by atoms with Gasteiger partial charge in [-0.15, -0.1) is 5.10 Å². The lowest BCUT2D eigenvalue weighted by atomic mass is 10.00. The monoisotopic (exact) mass is 359 g/mol. The summed E-state index contributed by atoms with van der Waals surface area (Å²) in [5, 5.41) is 11.3. The number of aromatic nitrogens is 3. The van der Waals surface area contributed by atoms with Crippen LogP contribution >= 0.6 is 0 Å². The van der Waals surface area contributed by atoms with Gasteiger partial charge in [-0.25, -0.2) is 4.68 Å². The highest BCUT2D eigenvalue weighted by molar-refractivity contribution is 5.97. The van der Waals surface area contributed by atoms with E-state index in [0.717, 1.165) is 30.7 Å². The molecule has 142 valence electrons. The lowest BCUT2D eigenvalue weighted by Crippen LogP contribution is -2.58. The predicted octanol–water partition coefficient (Wildman–Crippen LogP) is 2.07. The zero-order valence-corrected chi connectivity index (χ0v) is 16.3. The normalized spacial score (nSPS) is 21.9. The minimum Gasteiger partial charge on any atom is -0.373 e. The number of nitrogens with zero attached hydrogens (tertiary/aromatic N) is 4. The molecule has 1 amide bonds. The summed E-state index contributed by atoms with van der Waals surface area (Å²) in [7, 11) is 0. The van der Waals surface area contributed by atoms with Crippen LogP contribution in [0.4, 0.5) is 0 Å². The van der Waals surface area contributed by atoms with Gasteiger partial charge in [0.05, 0.1) is 17.7 Å². The van der Waals surface area contributed by atoms with Gasteiger partial charge < -0.3 is 10.1 Å². The van der Waals surface area contributed by atoms with Gasteiger partial charge in [0.25, 0.3) is 5.91 Å². The molecular weight excluding hydrogens is 330 g/mol. The van der Waals surface area contributed by atoms with Gasteiger partial charge in [0, 0.05) is 37.3 Å². The van der Waals surface area contributed by atoms with Crippen molar-refractivity contribution < 1.29 is 9.53 Å². The summed E-state index contributed by atoms with van der Waals surface area (Å²) < 4.78 is 7.64. The van der Waals surface area contributed by atoms with Crippen LogP contribution in [0, 0.1) is 0 Å². The number of ether oxygens (including phenoxy) is 1. The fourth-order valence-electron chi connectivity index (χ4n) is 3.53. The highest BCUT2D eigenvalue weighted by Gasteiger charge is 2.33. The second kappa shape index (κ2) is 7.32. The number of hydrogen-bond acceptors (Lipinski definition) is 5. The van der Waals surface area contributed by atoms with Crippen LogP contribution in [-0.2, 0) is 11.3 Å². The van der Waals surface area contributed by atoms with E-state index in [1.807, 2.05) is 23.7 Å². The van der Waals surface area contributed by atoms with Crippen molar-refractivity contribution in [2.45, 2.75) is 58.9 Å². The summed E-state index contributed by atoms with van der Waals surface area (Å²) in [5.74, 6) is -0.0830. The minimum atomic E-state index is -0.141. The standard InChI is InChI=1S/C19H29N5O2/c1-6-24-17-8-7-15(9-16(17)21-22-24)18(25)20-12-19(4,5)23-10-13(2)26-14(3)11-23/h7-9,13-14H,6,10-12H2,1-5H3,(H,20,25)/t13-,14+. The van der Waals surface area contributed by atoms with E-state index in [1.54, 1.807) is 6.07 Å². The second-order valence-corrected chi connectivity index (χ2v) is 7.77. The smallest absolute Gasteiger partial charge is 0.251 e. The Hall–Kier alpha value is -1.99. The van der Waals surface area contributed by atoms with E-state index in [2.05, 4.69) is 48.2 Å². The zero-order valence-electron chi connectivity index (χ0n) is 16.3. The molecule has 1 fully saturated rings. The molecule has 1 aliphatic heterocycles. The molecule has 2 atom stereocenters. The van der Waals surface area contributed by atoms with Gasteiger partial charge in [-0.2, -0.15) is 0 Å². The zero-order chi connectivity index (χ0) is 18.9. The van der Waals surface area contributed by atoms with Crippen LogP contribution in [0.5, 0.6) is 0 Å². The SMILES string of the molecule is CCn1nnc2cc(C(=O)NCC(C)(C)N3C[C@@H](C)O[C@@H](C)C3)ccc21. The average Bonchev–Trinajstić information content (AvgIpc) is 3.01. The summed E-state index contributed by atoms with van der Waals surface area (Å²) in [6.07, 6.45) is 0.412. The van der Waals surface area contributed by atoms with Crippen molar-refractivity contribution in [3.05, 3.63) is 23.8 Å². The summed E-state index contributed by atoms with van der Waals surface area (Å²) in [6.45, 7) is 13.6. The molecule has 7 heteroatoms. The molecule has 0 spiro atoms. The van der Waals surface area contributed by atoms with E-state index in [4.69, 9.17) is 4.74 Å². The number of rotatable bonds is 5. The number of hydrogen-bond donors (Lipinski definition) is 1. The molecule has 1 aromatic carbocycles. The molecule has 1 aromatic heterocycles. The van der Waals surface area contributed by atoms with Crippen LogP contribution in [0.15, 0.2) is 18.2 Å². The molecular formula is C19H29N5O2. The maximum absolute atomic E-state index is 12.6. The average molecular weight is 359 g/mol. The summed E-state index contributed by atoms with van der Waals surface area (Å²) >= 11 is 0. The Kier molecular flexibility index (Phi) is 5.29. The van der Waals surface area contributed by atoms with Crippen molar-refractivity contribution in [1.29, 1.82) is 0 Å². The van der Waals surface area contributed by atoms with Crippen LogP contribution < -0.4 is 5.32 Å². The van der Waals surface area contributed by atoms with E-state index >= 15 is 0 Å². The van der Waals surface area contributed by atoms with Crippen molar-refractivity contribution in [2.24, 2.45) is 0 Å². The first-order chi connectivity index (χ1) is 12.3. The molecule has 1 N–H and O–H groups in total. The van der Waals surface area contributed by atoms with Gasteiger partial charge in [-0.1, -0.05) is 5.21 Å². The Bertz CT molecular complexity index is 775. The largest absolute Gasteiger partial charge is 0.373 e. The van der Waals surface area contributed by atoms with Gasteiger partial charge in [0.2, 0.25) is 0 Å². The van der Waals surface area contributed by atoms with Gasteiger partial charge >= 0.3 is 0 Å². The van der Waals surface area contributed by atoms with Gasteiger partial charge in [0.15, 0.2) is 0 Å². The Morgan fingerprint density at radius 2 is 2.00 bits per heavy atom. The number of fused-ring (bicyclic) bond motifs is 1. The summed E-state index contributed by atoms with van der Waals surface area (Å²) in [4.78, 5) is 15.0. The Balaban J connectivity index is 1.66. The lowest BCUT2D eigenvalue weighted by molar-refractivity contribution is -0.0948. The molecule has 26 heavy (non-hydrogen) atoms. The molecule has 0 radical (unpaired) electrons. The van der Waals surface area contributed by atoms with Gasteiger partial charge in [-0.3, -0.25) is 9.69 Å². The van der Waals surface area contributed by atoms with Crippen molar-refractivity contribution in [3.8, 4) is 0 Å². The van der Waals surface area contributed by atoms with Crippen LogP contribution in [-0.4, -0.2) is 63.2 Å². The lowest BCUT2D eigenvalue weighted by Gasteiger charge is -2.45. The van der Waals surface area contributed by atoms with E-state index in [-0.39, 0.29) is 23.7 Å². The third-order valence-corrected chi connectivity index (χ3v) is 5.03. The summed E-state index contributed by atoms with van der Waals surface area (Å²) in [6, 6.07) is 5.54. The van der Waals surface area contributed by atoms with E-state index in [9.17, 15) is 4.79 Å². The number of nitrogens with one attached hydrogen (secondary N) is 1. The maximum Gasteiger partial charge on any atom is 0.251 e. The molecule has 7 nitrogen and oxygen atoms in total. The van der Waals surface area contributed by atoms with E-state index in [0.29, 0.717) is 12.1 Å². The van der Waals surface area contributed by atoms with Crippen molar-refractivity contribution >= 4 is 16.9 Å². The van der Waals surface area contributed by atoms with Crippen molar-refractivity contribution in [2.75, 3.05) is 19.6 Å². The third kappa shape index (κ3) is 3.88. The quantitative estimate of drug-likeness (QED) is 0.885. The molecule has 2 aromatic rings. The molecule has 2 heterocycles. The molecule has 0 unspecified atom stereocenters. The van der Waals surface area contributed by atoms with E-state index in [1.165, 1.54) is 0 Å². The molecule has 3 rings (SSSR count). The molecule has 0 bridgehead atoms. The Morgan fingerprint density at radius 1 is 1.31 bits per heavy atom. The van der Waals surface area contributed by atoms with Crippen LogP contribution in [0.2, 0.25) is 0 Å². The van der Waals surface area contributed by atoms with E-state index < -0.39 is 0 Å². The fraction of sp³-hybridized carbons (Fsp3) is 0.632. The number of benzene rings is 1. The molecule has 0 aliphatic carbocycles. The summed E-state index contributed by atoms with van der Waals surface area (Å²) in [5.41, 5.74) is 2.16. The first kappa shape index (κ1) is 18.8. The number of carbonyl (C=O) groups is 1. The third-order valence-electron chi connectivity index (χ3n) is 5.03. The molecule has 1 aliphatic rings. The number of aryl methyl sites for hydroxylation is 1. The fourth-order valence-corrected chi connectivity index (χ4v) is 3.53. The number of amides is 1. The van der Waals surface area contributed by atoms with Crippen LogP contribution in [0.25, 0.3) is 11.0 Å². The van der Waals surface area contributed by atoms with Crippen molar-refractivity contribution in [3.63, 3.8) is 0 Å². The van der Waals surface area contributed by atoms with Crippen LogP contribution in [0.1, 0.15) is 45.0 Å². The first-order valence-electron chi connectivity index (χ1n) is 9.32. The predicted molar refractivity (Wildman–Crippen MR) is 101 cm³/mol. The molecule has 1 saturated heterocycles. The Labute approximate surface area is 154 Å².